The van der Waals surface area contributed by atoms with Gasteiger partial charge in [0.15, 0.2) is 5.78 Å². The van der Waals surface area contributed by atoms with Crippen LogP contribution >= 0.6 is 23.2 Å². The second kappa shape index (κ2) is 3.23. The maximum Gasteiger partial charge on any atom is 0.171 e. The zero-order valence-corrected chi connectivity index (χ0v) is 10.2. The number of ketones is 1. The van der Waals surface area contributed by atoms with Gasteiger partial charge in [-0.05, 0) is 20.3 Å². The molecule has 0 N–H and O–H groups in total. The van der Waals surface area contributed by atoms with Crippen molar-refractivity contribution >= 4 is 29.0 Å². The first-order valence-corrected chi connectivity index (χ1v) is 5.62. The van der Waals surface area contributed by atoms with Crippen molar-refractivity contribution in [1.82, 2.24) is 0 Å². The van der Waals surface area contributed by atoms with Crippen LogP contribution in [0.25, 0.3) is 0 Å². The molecule has 0 amide bonds. The Balaban J connectivity index is 2.27. The second-order valence-corrected chi connectivity index (χ2v) is 5.89. The smallest absolute Gasteiger partial charge is 0.171 e. The van der Waals surface area contributed by atoms with Crippen molar-refractivity contribution in [3.05, 3.63) is 35.4 Å². The van der Waals surface area contributed by atoms with Crippen LogP contribution in [0.5, 0.6) is 0 Å². The molecule has 1 unspecified atom stereocenters. The number of hydrogen-bond donors (Lipinski definition) is 0. The lowest BCUT2D eigenvalue weighted by molar-refractivity contribution is 0.0911. The van der Waals surface area contributed by atoms with Gasteiger partial charge in [0, 0.05) is 5.56 Å². The average Bonchev–Trinajstić information content (AvgIpc) is 2.67. The summed E-state index contributed by atoms with van der Waals surface area (Å²) in [6, 6.07) is 7.49. The topological polar surface area (TPSA) is 17.1 Å². The molecule has 2 rings (SSSR count). The Bertz CT molecular complexity index is 408. The fourth-order valence-electron chi connectivity index (χ4n) is 1.67. The Morgan fingerprint density at radius 1 is 1.27 bits per heavy atom. The van der Waals surface area contributed by atoms with Gasteiger partial charge < -0.3 is 0 Å². The Hall–Kier alpha value is -0.530. The largest absolute Gasteiger partial charge is 0.293 e. The molecule has 1 fully saturated rings. The number of aryl methyl sites for hydroxylation is 1. The number of carbonyl (C=O) groups excluding carboxylic acids is 1. The molecule has 1 aliphatic rings. The summed E-state index contributed by atoms with van der Waals surface area (Å²) in [6.45, 7) is 3.80. The van der Waals surface area contributed by atoms with Crippen LogP contribution in [0.1, 0.15) is 29.3 Å². The summed E-state index contributed by atoms with van der Waals surface area (Å²) in [5.41, 5.74) is 1.22. The highest BCUT2D eigenvalue weighted by molar-refractivity contribution is 6.53. The summed E-state index contributed by atoms with van der Waals surface area (Å²) in [4.78, 5) is 12.1. The van der Waals surface area contributed by atoms with Gasteiger partial charge in [-0.3, -0.25) is 4.79 Å². The molecule has 1 saturated carbocycles. The normalized spacial score (nSPS) is 27.5. The van der Waals surface area contributed by atoms with Gasteiger partial charge in [-0.1, -0.05) is 29.8 Å². The maximum absolute atomic E-state index is 12.1. The fraction of sp³-hybridized carbons (Fsp3) is 0.417. The predicted molar refractivity (Wildman–Crippen MR) is 62.7 cm³/mol. The van der Waals surface area contributed by atoms with Gasteiger partial charge in [-0.25, -0.2) is 0 Å². The molecule has 0 aliphatic heterocycles. The number of alkyl halides is 2. The van der Waals surface area contributed by atoms with Gasteiger partial charge in [0.2, 0.25) is 0 Å². The average molecular weight is 243 g/mol. The van der Waals surface area contributed by atoms with Crippen LogP contribution < -0.4 is 0 Å². The molecule has 1 atom stereocenters. The lowest BCUT2D eigenvalue weighted by Crippen LogP contribution is -2.18. The molecular weight excluding hydrogens is 231 g/mol. The van der Waals surface area contributed by atoms with Gasteiger partial charge in [0.1, 0.15) is 4.33 Å². The highest BCUT2D eigenvalue weighted by Gasteiger charge is 2.67. The third-order valence-corrected chi connectivity index (χ3v) is 4.17. The van der Waals surface area contributed by atoms with Crippen LogP contribution in [0.3, 0.4) is 0 Å². The summed E-state index contributed by atoms with van der Waals surface area (Å²) in [5.74, 6) is 0.0347. The standard InChI is InChI=1S/C12H12Cl2O/c1-8-3-5-9(6-4-8)10(15)11(2)7-12(11,13)14/h3-6H,7H2,1-2H3. The van der Waals surface area contributed by atoms with E-state index < -0.39 is 9.75 Å². The Morgan fingerprint density at radius 2 is 1.73 bits per heavy atom. The SMILES string of the molecule is Cc1ccc(C(=O)C2(C)CC2(Cl)Cl)cc1. The van der Waals surface area contributed by atoms with Crippen molar-refractivity contribution in [3.63, 3.8) is 0 Å². The minimum absolute atomic E-state index is 0.0347. The summed E-state index contributed by atoms with van der Waals surface area (Å²) < 4.78 is -0.880. The minimum atomic E-state index is -0.880. The number of benzene rings is 1. The van der Waals surface area contributed by atoms with Gasteiger partial charge in [0.25, 0.3) is 0 Å². The second-order valence-electron chi connectivity index (χ2n) is 4.41. The summed E-state index contributed by atoms with van der Waals surface area (Å²) >= 11 is 11.9. The number of rotatable bonds is 2. The molecule has 1 aromatic carbocycles. The molecule has 0 spiro atoms. The molecule has 1 nitrogen and oxygen atoms in total. The Kier molecular flexibility index (Phi) is 2.36. The lowest BCUT2D eigenvalue weighted by Gasteiger charge is -2.10. The van der Waals surface area contributed by atoms with Crippen LogP contribution in [0.15, 0.2) is 24.3 Å². The molecule has 0 radical (unpaired) electrons. The zero-order chi connectivity index (χ0) is 11.3. The van der Waals surface area contributed by atoms with E-state index in [-0.39, 0.29) is 5.78 Å². The number of hydrogen-bond acceptors (Lipinski definition) is 1. The van der Waals surface area contributed by atoms with Crippen LogP contribution in [-0.2, 0) is 0 Å². The van der Waals surface area contributed by atoms with Gasteiger partial charge in [-0.2, -0.15) is 0 Å². The summed E-state index contributed by atoms with van der Waals surface area (Å²) in [6.07, 6.45) is 0.538. The molecule has 1 aromatic rings. The minimum Gasteiger partial charge on any atom is -0.293 e. The summed E-state index contributed by atoms with van der Waals surface area (Å²) in [7, 11) is 0. The van der Waals surface area contributed by atoms with Gasteiger partial charge in [0.05, 0.1) is 5.41 Å². The van der Waals surface area contributed by atoms with Crippen LogP contribution in [-0.4, -0.2) is 10.1 Å². The Labute approximate surface area is 99.4 Å². The van der Waals surface area contributed by atoms with E-state index in [1.54, 1.807) is 0 Å². The van der Waals surface area contributed by atoms with E-state index >= 15 is 0 Å². The fourth-order valence-corrected chi connectivity index (χ4v) is 2.38. The molecule has 1 aliphatic carbocycles. The highest BCUT2D eigenvalue weighted by Crippen LogP contribution is 2.64. The molecule has 0 heterocycles. The molecule has 15 heavy (non-hydrogen) atoms. The van der Waals surface area contributed by atoms with Gasteiger partial charge >= 0.3 is 0 Å². The van der Waals surface area contributed by atoms with Crippen molar-refractivity contribution in [2.45, 2.75) is 24.6 Å². The van der Waals surface area contributed by atoms with E-state index in [1.807, 2.05) is 38.1 Å². The first kappa shape index (κ1) is 11.0. The summed E-state index contributed by atoms with van der Waals surface area (Å²) in [5, 5.41) is 0. The quantitative estimate of drug-likeness (QED) is 0.571. The van der Waals surface area contributed by atoms with Crippen molar-refractivity contribution in [2.24, 2.45) is 5.41 Å². The van der Waals surface area contributed by atoms with E-state index in [0.29, 0.717) is 12.0 Å². The van der Waals surface area contributed by atoms with Crippen LogP contribution in [0.2, 0.25) is 0 Å². The highest BCUT2D eigenvalue weighted by atomic mass is 35.5. The van der Waals surface area contributed by atoms with E-state index in [9.17, 15) is 4.79 Å². The Morgan fingerprint density at radius 3 is 2.13 bits per heavy atom. The van der Waals surface area contributed by atoms with Gasteiger partial charge in [-0.15, -0.1) is 23.2 Å². The molecule has 80 valence electrons. The molecule has 0 bridgehead atoms. The number of Topliss-reactive ketones (excluding diaryl/α,β-unsaturated/α-hetero) is 1. The molecular formula is C12H12Cl2O. The third-order valence-electron chi connectivity index (χ3n) is 3.07. The maximum atomic E-state index is 12.1. The first-order chi connectivity index (χ1) is 6.87. The lowest BCUT2D eigenvalue weighted by atomic mass is 9.96. The van der Waals surface area contributed by atoms with E-state index in [0.717, 1.165) is 5.56 Å². The van der Waals surface area contributed by atoms with Crippen molar-refractivity contribution in [1.29, 1.82) is 0 Å². The van der Waals surface area contributed by atoms with Crippen molar-refractivity contribution < 1.29 is 4.79 Å². The van der Waals surface area contributed by atoms with Crippen molar-refractivity contribution in [2.75, 3.05) is 0 Å². The van der Waals surface area contributed by atoms with E-state index in [1.165, 1.54) is 0 Å². The number of halogens is 2. The zero-order valence-electron chi connectivity index (χ0n) is 8.68. The monoisotopic (exact) mass is 242 g/mol. The molecule has 0 saturated heterocycles. The molecule has 0 aromatic heterocycles. The predicted octanol–water partition coefficient (Wildman–Crippen LogP) is 3.76. The van der Waals surface area contributed by atoms with Crippen molar-refractivity contribution in [3.8, 4) is 0 Å². The first-order valence-electron chi connectivity index (χ1n) is 4.86. The van der Waals surface area contributed by atoms with E-state index in [4.69, 9.17) is 23.2 Å². The van der Waals surface area contributed by atoms with Crippen LogP contribution in [0, 0.1) is 12.3 Å². The van der Waals surface area contributed by atoms with E-state index in [2.05, 4.69) is 0 Å². The number of carbonyl (C=O) groups is 1. The third kappa shape index (κ3) is 1.68. The van der Waals surface area contributed by atoms with Crippen LogP contribution in [0.4, 0.5) is 0 Å². The molecule has 3 heteroatoms.